The third-order valence-corrected chi connectivity index (χ3v) is 1.85. The molecule has 0 spiro atoms. The lowest BCUT2D eigenvalue weighted by atomic mass is 10.2. The van der Waals surface area contributed by atoms with E-state index in [1.165, 1.54) is 6.08 Å². The first kappa shape index (κ1) is 11.9. The van der Waals surface area contributed by atoms with Gasteiger partial charge in [-0.1, -0.05) is 30.9 Å². The summed E-state index contributed by atoms with van der Waals surface area (Å²) in [7, 11) is 0. The molecular formula is C13H13NO2. The van der Waals surface area contributed by atoms with Crippen LogP contribution in [0.2, 0.25) is 0 Å². The molecule has 3 nitrogen and oxygen atoms in total. The zero-order valence-corrected chi connectivity index (χ0v) is 9.14. The van der Waals surface area contributed by atoms with Gasteiger partial charge in [0.05, 0.1) is 0 Å². The van der Waals surface area contributed by atoms with E-state index < -0.39 is 0 Å². The number of allylic oxidation sites excluding steroid dienone is 2. The standard InChI is InChI=1S/C13H13NO2/c1-10-4-8-13(9-5-10)16-12(3)7-6-11(2)14-15/h4-9H,2-3H2,1H3/b7-6-. The van der Waals surface area contributed by atoms with Crippen molar-refractivity contribution in [1.29, 1.82) is 0 Å². The molecule has 0 N–H and O–H groups in total. The predicted octanol–water partition coefficient (Wildman–Crippen LogP) is 3.72. The van der Waals surface area contributed by atoms with Crippen LogP contribution in [-0.4, -0.2) is 0 Å². The Balaban J connectivity index is 2.58. The van der Waals surface area contributed by atoms with Crippen LogP contribution in [0.5, 0.6) is 5.75 Å². The molecule has 16 heavy (non-hydrogen) atoms. The lowest BCUT2D eigenvalue weighted by Crippen LogP contribution is -1.90. The Morgan fingerprint density at radius 2 is 1.88 bits per heavy atom. The zero-order valence-electron chi connectivity index (χ0n) is 9.14. The number of hydrogen-bond donors (Lipinski definition) is 0. The zero-order chi connectivity index (χ0) is 12.0. The minimum Gasteiger partial charge on any atom is -0.458 e. The van der Waals surface area contributed by atoms with Crippen molar-refractivity contribution in [3.63, 3.8) is 0 Å². The SMILES string of the molecule is C=C(/C=C\C(=C)Oc1ccc(C)cc1)N=O. The first-order valence-corrected chi connectivity index (χ1v) is 4.75. The van der Waals surface area contributed by atoms with Crippen LogP contribution in [0, 0.1) is 11.8 Å². The summed E-state index contributed by atoms with van der Waals surface area (Å²) in [4.78, 5) is 10.0. The second-order valence-corrected chi connectivity index (χ2v) is 3.30. The van der Waals surface area contributed by atoms with Crippen molar-refractivity contribution in [3.05, 3.63) is 71.5 Å². The monoisotopic (exact) mass is 215 g/mol. The van der Waals surface area contributed by atoms with E-state index in [0.29, 0.717) is 11.5 Å². The summed E-state index contributed by atoms with van der Waals surface area (Å²) in [6.07, 6.45) is 2.99. The summed E-state index contributed by atoms with van der Waals surface area (Å²) >= 11 is 0. The number of rotatable bonds is 5. The number of nitrogens with zero attached hydrogens (tertiary/aromatic N) is 1. The Hall–Kier alpha value is -2.16. The summed E-state index contributed by atoms with van der Waals surface area (Å²) in [6, 6.07) is 7.58. The molecular weight excluding hydrogens is 202 g/mol. The lowest BCUT2D eigenvalue weighted by Gasteiger charge is -2.04. The van der Waals surface area contributed by atoms with E-state index in [1.54, 1.807) is 6.08 Å². The molecule has 0 radical (unpaired) electrons. The smallest absolute Gasteiger partial charge is 0.127 e. The highest BCUT2D eigenvalue weighted by atomic mass is 16.5. The van der Waals surface area contributed by atoms with Gasteiger partial charge < -0.3 is 4.74 Å². The van der Waals surface area contributed by atoms with Gasteiger partial charge in [0.25, 0.3) is 0 Å². The molecule has 3 heteroatoms. The first-order valence-electron chi connectivity index (χ1n) is 4.75. The molecule has 0 heterocycles. The quantitative estimate of drug-likeness (QED) is 0.426. The van der Waals surface area contributed by atoms with Crippen LogP contribution >= 0.6 is 0 Å². The fourth-order valence-corrected chi connectivity index (χ4v) is 1.01. The minimum atomic E-state index is 0.133. The maximum Gasteiger partial charge on any atom is 0.127 e. The summed E-state index contributed by atoms with van der Waals surface area (Å²) in [5.74, 6) is 1.12. The van der Waals surface area contributed by atoms with Crippen molar-refractivity contribution in [3.8, 4) is 5.75 Å². The van der Waals surface area contributed by atoms with Crippen LogP contribution in [0.25, 0.3) is 0 Å². The highest BCUT2D eigenvalue weighted by Crippen LogP contribution is 2.14. The Morgan fingerprint density at radius 3 is 2.44 bits per heavy atom. The van der Waals surface area contributed by atoms with E-state index in [4.69, 9.17) is 4.74 Å². The Morgan fingerprint density at radius 1 is 1.25 bits per heavy atom. The van der Waals surface area contributed by atoms with Crippen LogP contribution in [0.3, 0.4) is 0 Å². The Kier molecular flexibility index (Phi) is 4.21. The average Bonchev–Trinajstić information content (AvgIpc) is 2.29. The summed E-state index contributed by atoms with van der Waals surface area (Å²) in [5, 5.41) is 2.65. The molecule has 1 aromatic carbocycles. The molecule has 0 aliphatic heterocycles. The normalized spacial score (nSPS) is 10.1. The summed E-state index contributed by atoms with van der Waals surface area (Å²) in [5.41, 5.74) is 1.29. The Labute approximate surface area is 94.7 Å². The summed E-state index contributed by atoms with van der Waals surface area (Å²) in [6.45, 7) is 9.08. The van der Waals surface area contributed by atoms with Crippen LogP contribution in [0.4, 0.5) is 0 Å². The largest absolute Gasteiger partial charge is 0.458 e. The molecule has 1 rings (SSSR count). The molecule has 0 aliphatic carbocycles. The van der Waals surface area contributed by atoms with E-state index >= 15 is 0 Å². The maximum absolute atomic E-state index is 10.0. The molecule has 0 saturated carbocycles. The fraction of sp³-hybridized carbons (Fsp3) is 0.0769. The van der Waals surface area contributed by atoms with Gasteiger partial charge in [0, 0.05) is 0 Å². The van der Waals surface area contributed by atoms with Gasteiger partial charge in [0.2, 0.25) is 0 Å². The molecule has 0 saturated heterocycles. The summed E-state index contributed by atoms with van der Waals surface area (Å²) < 4.78 is 5.40. The van der Waals surface area contributed by atoms with Gasteiger partial charge in [0.1, 0.15) is 17.2 Å². The highest BCUT2D eigenvalue weighted by molar-refractivity contribution is 5.30. The van der Waals surface area contributed by atoms with Crippen molar-refractivity contribution in [1.82, 2.24) is 0 Å². The van der Waals surface area contributed by atoms with Gasteiger partial charge in [-0.25, -0.2) is 0 Å². The fourth-order valence-electron chi connectivity index (χ4n) is 1.01. The van der Waals surface area contributed by atoms with Crippen LogP contribution < -0.4 is 4.74 Å². The molecule has 0 bridgehead atoms. The molecule has 0 fully saturated rings. The van der Waals surface area contributed by atoms with Crippen molar-refractivity contribution >= 4 is 0 Å². The van der Waals surface area contributed by atoms with E-state index in [9.17, 15) is 4.91 Å². The van der Waals surface area contributed by atoms with E-state index in [2.05, 4.69) is 18.3 Å². The average molecular weight is 215 g/mol. The van der Waals surface area contributed by atoms with Crippen molar-refractivity contribution in [2.45, 2.75) is 6.92 Å². The van der Waals surface area contributed by atoms with Gasteiger partial charge >= 0.3 is 0 Å². The van der Waals surface area contributed by atoms with Crippen molar-refractivity contribution < 1.29 is 4.74 Å². The molecule has 0 aliphatic rings. The number of aryl methyl sites for hydroxylation is 1. The van der Waals surface area contributed by atoms with Gasteiger partial charge in [-0.2, -0.15) is 0 Å². The third kappa shape index (κ3) is 3.92. The van der Waals surface area contributed by atoms with Crippen LogP contribution in [0.1, 0.15) is 5.56 Å². The van der Waals surface area contributed by atoms with Crippen LogP contribution in [0.15, 0.2) is 66.2 Å². The second kappa shape index (κ2) is 5.66. The molecule has 0 amide bonds. The number of hydrogen-bond acceptors (Lipinski definition) is 3. The predicted molar refractivity (Wildman–Crippen MR) is 65.0 cm³/mol. The minimum absolute atomic E-state index is 0.133. The van der Waals surface area contributed by atoms with Crippen molar-refractivity contribution in [2.24, 2.45) is 5.18 Å². The van der Waals surface area contributed by atoms with E-state index in [1.807, 2.05) is 31.2 Å². The lowest BCUT2D eigenvalue weighted by molar-refractivity contribution is 0.447. The maximum atomic E-state index is 10.0. The van der Waals surface area contributed by atoms with Crippen LogP contribution in [-0.2, 0) is 0 Å². The third-order valence-electron chi connectivity index (χ3n) is 1.85. The number of benzene rings is 1. The number of ether oxygens (including phenoxy) is 1. The highest BCUT2D eigenvalue weighted by Gasteiger charge is 1.94. The first-order chi connectivity index (χ1) is 7.61. The number of nitroso groups, excluding NO2 is 1. The topological polar surface area (TPSA) is 38.7 Å². The van der Waals surface area contributed by atoms with Gasteiger partial charge in [-0.3, -0.25) is 0 Å². The van der Waals surface area contributed by atoms with Gasteiger partial charge in [-0.05, 0) is 36.4 Å². The molecule has 82 valence electrons. The molecule has 0 unspecified atom stereocenters. The van der Waals surface area contributed by atoms with E-state index in [-0.39, 0.29) is 5.70 Å². The Bertz CT molecular complexity index is 430. The van der Waals surface area contributed by atoms with Gasteiger partial charge in [-0.15, -0.1) is 4.91 Å². The molecule has 0 atom stereocenters. The molecule has 1 aromatic rings. The van der Waals surface area contributed by atoms with Crippen molar-refractivity contribution in [2.75, 3.05) is 0 Å². The van der Waals surface area contributed by atoms with Gasteiger partial charge in [0.15, 0.2) is 0 Å². The van der Waals surface area contributed by atoms with E-state index in [0.717, 1.165) is 5.56 Å². The second-order valence-electron chi connectivity index (χ2n) is 3.30. The molecule has 0 aromatic heterocycles.